The number of rotatable bonds is 6. The molecule has 0 amide bonds. The third kappa shape index (κ3) is 3.67. The van der Waals surface area contributed by atoms with Crippen LogP contribution < -0.4 is 4.74 Å². The first-order valence-corrected chi connectivity index (χ1v) is 5.99. The van der Waals surface area contributed by atoms with Gasteiger partial charge in [-0.15, -0.1) is 0 Å². The van der Waals surface area contributed by atoms with Crippen molar-refractivity contribution < 1.29 is 24.0 Å². The smallest absolute Gasteiger partial charge is 0.313 e. The zero-order valence-electron chi connectivity index (χ0n) is 10.8. The first-order valence-electron chi connectivity index (χ1n) is 5.61. The van der Waals surface area contributed by atoms with Gasteiger partial charge in [0.05, 0.1) is 24.2 Å². The van der Waals surface area contributed by atoms with Crippen molar-refractivity contribution in [2.45, 2.75) is 13.3 Å². The average molecular weight is 302 g/mol. The molecule has 0 heterocycles. The fraction of sp³-hybridized carbons (Fsp3) is 0.333. The third-order valence-corrected chi connectivity index (χ3v) is 2.68. The Bertz CT molecular complexity index is 557. The van der Waals surface area contributed by atoms with E-state index >= 15 is 0 Å². The molecule has 0 aliphatic rings. The molecule has 1 rings (SSSR count). The summed E-state index contributed by atoms with van der Waals surface area (Å²) in [6.07, 6.45) is -0.525. The third-order valence-electron chi connectivity index (χ3n) is 2.38. The summed E-state index contributed by atoms with van der Waals surface area (Å²) < 4.78 is 9.59. The highest BCUT2D eigenvalue weighted by molar-refractivity contribution is 6.33. The minimum absolute atomic E-state index is 0.0647. The number of methoxy groups -OCH3 is 1. The monoisotopic (exact) mass is 301 g/mol. The normalized spacial score (nSPS) is 9.95. The number of esters is 1. The van der Waals surface area contributed by atoms with Crippen LogP contribution >= 0.6 is 11.6 Å². The minimum Gasteiger partial charge on any atom is -0.496 e. The van der Waals surface area contributed by atoms with Gasteiger partial charge in [-0.2, -0.15) is 0 Å². The van der Waals surface area contributed by atoms with Gasteiger partial charge < -0.3 is 9.47 Å². The Kier molecular flexibility index (Phi) is 5.45. The van der Waals surface area contributed by atoms with Crippen molar-refractivity contribution in [2.24, 2.45) is 0 Å². The number of nitro benzene ring substituents is 1. The second-order valence-corrected chi connectivity index (χ2v) is 4.07. The zero-order chi connectivity index (χ0) is 15.3. The number of benzene rings is 1. The predicted octanol–water partition coefficient (Wildman–Crippen LogP) is 2.39. The van der Waals surface area contributed by atoms with Crippen LogP contribution in [-0.2, 0) is 9.53 Å². The number of nitro groups is 1. The van der Waals surface area contributed by atoms with Gasteiger partial charge in [0.25, 0.3) is 5.69 Å². The maximum absolute atomic E-state index is 11.9. The SMILES string of the molecule is CCOC(=O)CC(=O)c1cc([N+](=O)[O-])c(Cl)cc1OC. The molecule has 0 atom stereocenters. The maximum Gasteiger partial charge on any atom is 0.313 e. The lowest BCUT2D eigenvalue weighted by Crippen LogP contribution is -2.12. The molecule has 1 aromatic carbocycles. The van der Waals surface area contributed by atoms with Gasteiger partial charge in [0.2, 0.25) is 0 Å². The van der Waals surface area contributed by atoms with Crippen LogP contribution in [0.1, 0.15) is 23.7 Å². The summed E-state index contributed by atoms with van der Waals surface area (Å²) in [6, 6.07) is 2.15. The summed E-state index contributed by atoms with van der Waals surface area (Å²) in [5.41, 5.74) is -0.517. The van der Waals surface area contributed by atoms with Gasteiger partial charge in [-0.05, 0) is 6.92 Å². The number of hydrogen-bond donors (Lipinski definition) is 0. The molecule has 20 heavy (non-hydrogen) atoms. The predicted molar refractivity (Wildman–Crippen MR) is 70.2 cm³/mol. The Morgan fingerprint density at radius 3 is 2.55 bits per heavy atom. The standard InChI is InChI=1S/C12H12ClNO6/c1-3-20-12(16)6-10(15)7-4-9(14(17)18)8(13)5-11(7)19-2/h4-5H,3,6H2,1-2H3. The Morgan fingerprint density at radius 2 is 2.05 bits per heavy atom. The molecule has 0 fully saturated rings. The molecule has 0 aromatic heterocycles. The van der Waals surface area contributed by atoms with Crippen molar-refractivity contribution in [3.8, 4) is 5.75 Å². The van der Waals surface area contributed by atoms with E-state index in [0.29, 0.717) is 0 Å². The molecule has 0 aliphatic heterocycles. The molecule has 0 bridgehead atoms. The fourth-order valence-corrected chi connectivity index (χ4v) is 1.73. The van der Waals surface area contributed by atoms with Crippen LogP contribution in [0.3, 0.4) is 0 Å². The molecule has 1 aromatic rings. The first-order chi connectivity index (χ1) is 9.40. The molecule has 0 aliphatic carbocycles. The van der Waals surface area contributed by atoms with Crippen LogP contribution in [0, 0.1) is 10.1 Å². The van der Waals surface area contributed by atoms with E-state index in [1.165, 1.54) is 7.11 Å². The van der Waals surface area contributed by atoms with Gasteiger partial charge in [0.1, 0.15) is 17.2 Å². The van der Waals surface area contributed by atoms with Crippen molar-refractivity contribution in [3.63, 3.8) is 0 Å². The van der Waals surface area contributed by atoms with Crippen LogP contribution in [0.4, 0.5) is 5.69 Å². The molecule has 0 radical (unpaired) electrons. The average Bonchev–Trinajstić information content (AvgIpc) is 2.37. The van der Waals surface area contributed by atoms with Crippen LogP contribution in [0.15, 0.2) is 12.1 Å². The highest BCUT2D eigenvalue weighted by Gasteiger charge is 2.23. The van der Waals surface area contributed by atoms with Gasteiger partial charge in [0.15, 0.2) is 5.78 Å². The molecule has 0 saturated carbocycles. The van der Waals surface area contributed by atoms with E-state index in [0.717, 1.165) is 12.1 Å². The Morgan fingerprint density at radius 1 is 1.40 bits per heavy atom. The van der Waals surface area contributed by atoms with E-state index in [4.69, 9.17) is 16.3 Å². The van der Waals surface area contributed by atoms with Crippen molar-refractivity contribution in [2.75, 3.05) is 13.7 Å². The lowest BCUT2D eigenvalue weighted by Gasteiger charge is -2.08. The number of carbonyl (C=O) groups excluding carboxylic acids is 2. The number of nitrogens with zero attached hydrogens (tertiary/aromatic N) is 1. The molecule has 8 heteroatoms. The lowest BCUT2D eigenvalue weighted by molar-refractivity contribution is -0.384. The summed E-state index contributed by atoms with van der Waals surface area (Å²) in [6.45, 7) is 1.75. The van der Waals surface area contributed by atoms with E-state index in [2.05, 4.69) is 4.74 Å². The number of Topliss-reactive ketones (excluding diaryl/α,β-unsaturated/α-hetero) is 1. The topological polar surface area (TPSA) is 95.7 Å². The van der Waals surface area contributed by atoms with Crippen molar-refractivity contribution >= 4 is 29.0 Å². The molecule has 0 spiro atoms. The second kappa shape index (κ2) is 6.85. The fourth-order valence-electron chi connectivity index (χ4n) is 1.51. The first kappa shape index (κ1) is 15.9. The number of hydrogen-bond acceptors (Lipinski definition) is 6. The summed E-state index contributed by atoms with van der Waals surface area (Å²) >= 11 is 5.71. The Hall–Kier alpha value is -2.15. The summed E-state index contributed by atoms with van der Waals surface area (Å²) in [4.78, 5) is 33.3. The quantitative estimate of drug-likeness (QED) is 0.263. The molecule has 0 unspecified atom stereocenters. The van der Waals surface area contributed by atoms with E-state index in [1.54, 1.807) is 6.92 Å². The Balaban J connectivity index is 3.15. The van der Waals surface area contributed by atoms with Crippen LogP contribution in [-0.4, -0.2) is 30.4 Å². The van der Waals surface area contributed by atoms with Crippen molar-refractivity contribution in [1.82, 2.24) is 0 Å². The molecular weight excluding hydrogens is 290 g/mol. The van der Waals surface area contributed by atoms with Crippen LogP contribution in [0.25, 0.3) is 0 Å². The summed E-state index contributed by atoms with van der Waals surface area (Å²) in [7, 11) is 1.29. The second-order valence-electron chi connectivity index (χ2n) is 3.67. The van der Waals surface area contributed by atoms with Gasteiger partial charge in [0, 0.05) is 12.1 Å². The van der Waals surface area contributed by atoms with E-state index in [9.17, 15) is 19.7 Å². The number of carbonyl (C=O) groups is 2. The summed E-state index contributed by atoms with van der Waals surface area (Å²) in [5.74, 6) is -1.29. The van der Waals surface area contributed by atoms with Gasteiger partial charge in [-0.3, -0.25) is 19.7 Å². The molecule has 108 valence electrons. The zero-order valence-corrected chi connectivity index (χ0v) is 11.6. The highest BCUT2D eigenvalue weighted by Crippen LogP contribution is 2.32. The number of ether oxygens (including phenoxy) is 2. The Labute approximate surface area is 119 Å². The van der Waals surface area contributed by atoms with E-state index in [1.807, 2.05) is 0 Å². The lowest BCUT2D eigenvalue weighted by atomic mass is 10.1. The molecule has 0 saturated heterocycles. The molecule has 0 N–H and O–H groups in total. The number of halogens is 1. The van der Waals surface area contributed by atoms with Gasteiger partial charge in [-0.1, -0.05) is 11.6 Å². The molecular formula is C12H12ClNO6. The molecule has 7 nitrogen and oxygen atoms in total. The van der Waals surface area contributed by atoms with Crippen molar-refractivity contribution in [3.05, 3.63) is 32.8 Å². The van der Waals surface area contributed by atoms with E-state index in [-0.39, 0.29) is 22.9 Å². The maximum atomic E-state index is 11.9. The van der Waals surface area contributed by atoms with Crippen LogP contribution in [0.2, 0.25) is 5.02 Å². The van der Waals surface area contributed by atoms with Gasteiger partial charge in [-0.25, -0.2) is 0 Å². The largest absolute Gasteiger partial charge is 0.496 e. The van der Waals surface area contributed by atoms with Crippen molar-refractivity contribution in [1.29, 1.82) is 0 Å². The van der Waals surface area contributed by atoms with Gasteiger partial charge >= 0.3 is 5.97 Å². The summed E-state index contributed by atoms with van der Waals surface area (Å²) in [5, 5.41) is 10.6. The van der Waals surface area contributed by atoms with E-state index < -0.39 is 28.8 Å². The number of ketones is 1. The van der Waals surface area contributed by atoms with Crippen LogP contribution in [0.5, 0.6) is 5.75 Å². The highest BCUT2D eigenvalue weighted by atomic mass is 35.5. The minimum atomic E-state index is -0.719.